The zero-order valence-electron chi connectivity index (χ0n) is 18.1. The van der Waals surface area contributed by atoms with E-state index in [1.807, 2.05) is 24.3 Å². The van der Waals surface area contributed by atoms with Crippen molar-refractivity contribution in [3.63, 3.8) is 0 Å². The minimum atomic E-state index is -1.21. The van der Waals surface area contributed by atoms with Crippen molar-refractivity contribution in [2.45, 2.75) is 44.1 Å². The smallest absolute Gasteiger partial charge is 0.407 e. The second-order valence-corrected chi connectivity index (χ2v) is 8.69. The topological polar surface area (TPSA) is 105 Å². The number of hydrogen-bond acceptors (Lipinski definition) is 4. The average Bonchev–Trinajstić information content (AvgIpc) is 3.59. The Morgan fingerprint density at radius 2 is 1.62 bits per heavy atom. The maximum absolute atomic E-state index is 12.2. The van der Waals surface area contributed by atoms with Gasteiger partial charge in [0.25, 0.3) is 0 Å². The monoisotopic (exact) mass is 436 g/mol. The predicted octanol–water partition coefficient (Wildman–Crippen LogP) is 3.67. The second-order valence-electron chi connectivity index (χ2n) is 8.69. The van der Waals surface area contributed by atoms with E-state index in [9.17, 15) is 19.5 Å². The number of rotatable bonds is 9. The van der Waals surface area contributed by atoms with Crippen molar-refractivity contribution in [3.8, 4) is 11.1 Å². The quantitative estimate of drug-likeness (QED) is 0.520. The summed E-state index contributed by atoms with van der Waals surface area (Å²) in [5, 5.41) is 14.7. The van der Waals surface area contributed by atoms with Crippen molar-refractivity contribution in [2.24, 2.45) is 5.92 Å². The summed E-state index contributed by atoms with van der Waals surface area (Å²) in [4.78, 5) is 35.8. The van der Waals surface area contributed by atoms with E-state index in [0.29, 0.717) is 6.42 Å². The third-order valence-corrected chi connectivity index (χ3v) is 6.43. The molecule has 3 N–H and O–H groups in total. The standard InChI is InChI=1S/C25H28N2O5/c1-25(23(29)30,16-12-13-16)27-22(28)11-6-14-26-24(31)32-15-21-19-9-4-2-7-17(19)18-8-3-5-10-20(18)21/h2-5,7-10,16,21H,6,11-15H2,1H3,(H,26,31)(H,27,28)(H,29,30). The summed E-state index contributed by atoms with van der Waals surface area (Å²) in [5.74, 6) is -1.35. The molecule has 1 fully saturated rings. The highest BCUT2D eigenvalue weighted by molar-refractivity contribution is 5.87. The molecule has 7 heteroatoms. The van der Waals surface area contributed by atoms with Gasteiger partial charge in [0.05, 0.1) is 0 Å². The van der Waals surface area contributed by atoms with Gasteiger partial charge in [-0.15, -0.1) is 0 Å². The number of ether oxygens (including phenoxy) is 1. The molecule has 1 atom stereocenters. The molecule has 7 nitrogen and oxygen atoms in total. The number of fused-ring (bicyclic) bond motifs is 3. The Balaban J connectivity index is 1.22. The number of nitrogens with one attached hydrogen (secondary N) is 2. The lowest BCUT2D eigenvalue weighted by Crippen LogP contribution is -2.54. The van der Waals surface area contributed by atoms with Gasteiger partial charge >= 0.3 is 12.1 Å². The molecule has 32 heavy (non-hydrogen) atoms. The third kappa shape index (κ3) is 4.47. The van der Waals surface area contributed by atoms with Gasteiger partial charge in [-0.05, 0) is 54.4 Å². The van der Waals surface area contributed by atoms with Crippen LogP contribution in [-0.4, -0.2) is 41.8 Å². The number of amides is 2. The molecule has 2 aliphatic carbocycles. The minimum absolute atomic E-state index is 0.00459. The Kier molecular flexibility index (Phi) is 6.17. The van der Waals surface area contributed by atoms with Crippen LogP contribution in [0.4, 0.5) is 4.79 Å². The van der Waals surface area contributed by atoms with Crippen LogP contribution >= 0.6 is 0 Å². The molecule has 0 spiro atoms. The second kappa shape index (κ2) is 9.02. The van der Waals surface area contributed by atoms with Gasteiger partial charge < -0.3 is 20.5 Å². The van der Waals surface area contributed by atoms with Crippen LogP contribution in [0.3, 0.4) is 0 Å². The van der Waals surface area contributed by atoms with Crippen LogP contribution in [-0.2, 0) is 14.3 Å². The Morgan fingerprint density at radius 1 is 1.03 bits per heavy atom. The van der Waals surface area contributed by atoms with Gasteiger partial charge in [-0.25, -0.2) is 9.59 Å². The molecule has 2 amide bonds. The van der Waals surface area contributed by atoms with Gasteiger partial charge in [0.2, 0.25) is 5.91 Å². The molecule has 1 saturated carbocycles. The van der Waals surface area contributed by atoms with Crippen molar-refractivity contribution < 1.29 is 24.2 Å². The number of carbonyl (C=O) groups is 3. The van der Waals surface area contributed by atoms with Gasteiger partial charge in [0, 0.05) is 18.9 Å². The minimum Gasteiger partial charge on any atom is -0.480 e. The maximum Gasteiger partial charge on any atom is 0.407 e. The summed E-state index contributed by atoms with van der Waals surface area (Å²) >= 11 is 0. The number of carboxylic acids is 1. The number of carboxylic acid groups (broad SMARTS) is 1. The number of hydrogen-bond donors (Lipinski definition) is 3. The SMILES string of the molecule is CC(NC(=O)CCCNC(=O)OCC1c2ccccc2-c2ccccc21)(C(=O)O)C1CC1. The largest absolute Gasteiger partial charge is 0.480 e. The Labute approximate surface area is 187 Å². The summed E-state index contributed by atoms with van der Waals surface area (Å²) in [6.45, 7) is 2.07. The summed E-state index contributed by atoms with van der Waals surface area (Å²) in [7, 11) is 0. The van der Waals surface area contributed by atoms with Crippen molar-refractivity contribution in [2.75, 3.05) is 13.2 Å². The van der Waals surface area contributed by atoms with E-state index in [-0.39, 0.29) is 37.3 Å². The van der Waals surface area contributed by atoms with Crippen molar-refractivity contribution in [1.82, 2.24) is 10.6 Å². The van der Waals surface area contributed by atoms with Gasteiger partial charge in [0.15, 0.2) is 0 Å². The van der Waals surface area contributed by atoms with Crippen LogP contribution in [0, 0.1) is 5.92 Å². The molecule has 0 radical (unpaired) electrons. The fourth-order valence-corrected chi connectivity index (χ4v) is 4.43. The van der Waals surface area contributed by atoms with Crippen LogP contribution in [0.5, 0.6) is 0 Å². The van der Waals surface area contributed by atoms with Crippen LogP contribution in [0.1, 0.15) is 49.7 Å². The highest BCUT2D eigenvalue weighted by Gasteiger charge is 2.48. The van der Waals surface area contributed by atoms with Crippen molar-refractivity contribution >= 4 is 18.0 Å². The molecule has 168 valence electrons. The summed E-state index contributed by atoms with van der Waals surface area (Å²) < 4.78 is 5.47. The summed E-state index contributed by atoms with van der Waals surface area (Å²) in [6, 6.07) is 16.3. The number of benzene rings is 2. The molecule has 0 saturated heterocycles. The molecule has 1 unspecified atom stereocenters. The van der Waals surface area contributed by atoms with Crippen molar-refractivity contribution in [1.29, 1.82) is 0 Å². The third-order valence-electron chi connectivity index (χ3n) is 6.43. The predicted molar refractivity (Wildman–Crippen MR) is 119 cm³/mol. The fourth-order valence-electron chi connectivity index (χ4n) is 4.43. The molecule has 2 aromatic carbocycles. The van der Waals surface area contributed by atoms with E-state index in [0.717, 1.165) is 24.0 Å². The molecule has 0 aromatic heterocycles. The lowest BCUT2D eigenvalue weighted by molar-refractivity contribution is -0.147. The number of alkyl carbamates (subject to hydrolysis) is 1. The van der Waals surface area contributed by atoms with Gasteiger partial charge in [0.1, 0.15) is 12.1 Å². The number of carbonyl (C=O) groups excluding carboxylic acids is 2. The zero-order chi connectivity index (χ0) is 22.7. The summed E-state index contributed by atoms with van der Waals surface area (Å²) in [5.41, 5.74) is 3.42. The van der Waals surface area contributed by atoms with E-state index in [4.69, 9.17) is 4.74 Å². The highest BCUT2D eigenvalue weighted by Crippen LogP contribution is 2.44. The van der Waals surface area contributed by atoms with Gasteiger partial charge in [-0.1, -0.05) is 48.5 Å². The van der Waals surface area contributed by atoms with E-state index in [2.05, 4.69) is 34.9 Å². The van der Waals surface area contributed by atoms with Gasteiger partial charge in [-0.2, -0.15) is 0 Å². The van der Waals surface area contributed by atoms with E-state index in [1.54, 1.807) is 6.92 Å². The molecule has 2 aromatic rings. The van der Waals surface area contributed by atoms with Crippen LogP contribution < -0.4 is 10.6 Å². The van der Waals surface area contributed by atoms with E-state index < -0.39 is 17.6 Å². The van der Waals surface area contributed by atoms with Crippen LogP contribution in [0.15, 0.2) is 48.5 Å². The molecular formula is C25H28N2O5. The molecule has 0 heterocycles. The molecule has 4 rings (SSSR count). The Bertz CT molecular complexity index is 987. The molecular weight excluding hydrogens is 408 g/mol. The zero-order valence-corrected chi connectivity index (χ0v) is 18.1. The Hall–Kier alpha value is -3.35. The fraction of sp³-hybridized carbons (Fsp3) is 0.400. The van der Waals surface area contributed by atoms with Crippen LogP contribution in [0.25, 0.3) is 11.1 Å². The average molecular weight is 437 g/mol. The van der Waals surface area contributed by atoms with E-state index >= 15 is 0 Å². The first-order valence-corrected chi connectivity index (χ1v) is 11.0. The molecule has 2 aliphatic rings. The number of aliphatic carboxylic acids is 1. The lowest BCUT2D eigenvalue weighted by atomic mass is 9.95. The first-order chi connectivity index (χ1) is 15.4. The van der Waals surface area contributed by atoms with E-state index in [1.165, 1.54) is 11.1 Å². The molecule has 0 bridgehead atoms. The van der Waals surface area contributed by atoms with Gasteiger partial charge in [-0.3, -0.25) is 4.79 Å². The first kappa shape index (κ1) is 21.9. The Morgan fingerprint density at radius 3 is 2.19 bits per heavy atom. The normalized spacial score (nSPS) is 16.4. The van der Waals surface area contributed by atoms with Crippen molar-refractivity contribution in [3.05, 3.63) is 59.7 Å². The first-order valence-electron chi connectivity index (χ1n) is 11.0. The lowest BCUT2D eigenvalue weighted by Gasteiger charge is -2.26. The molecule has 0 aliphatic heterocycles. The van der Waals surface area contributed by atoms with Crippen LogP contribution in [0.2, 0.25) is 0 Å². The summed E-state index contributed by atoms with van der Waals surface area (Å²) in [6.07, 6.45) is 1.63. The highest BCUT2D eigenvalue weighted by atomic mass is 16.5. The maximum atomic E-state index is 12.2.